The van der Waals surface area contributed by atoms with E-state index in [1.54, 1.807) is 6.08 Å². The number of aromatic nitrogens is 2. The van der Waals surface area contributed by atoms with Gasteiger partial charge in [-0.1, -0.05) is 6.08 Å². The molecule has 0 fully saturated rings. The lowest BCUT2D eigenvalue weighted by atomic mass is 9.83. The Bertz CT molecular complexity index is 276. The van der Waals surface area contributed by atoms with Crippen molar-refractivity contribution in [3.63, 3.8) is 0 Å². The van der Waals surface area contributed by atoms with Crippen LogP contribution in [0.25, 0.3) is 0 Å². The minimum absolute atomic E-state index is 0.268. The second kappa shape index (κ2) is 4.59. The maximum atomic E-state index is 8.73. The number of hydrogen-bond donors (Lipinski definition) is 3. The van der Waals surface area contributed by atoms with Gasteiger partial charge in [-0.25, -0.2) is 9.97 Å². The van der Waals surface area contributed by atoms with E-state index < -0.39 is 7.12 Å². The summed E-state index contributed by atoms with van der Waals surface area (Å²) < 4.78 is 0. The first-order chi connectivity index (χ1) is 6.24. The lowest BCUT2D eigenvalue weighted by Crippen LogP contribution is -2.30. The molecule has 6 heteroatoms. The molecule has 0 saturated carbocycles. The van der Waals surface area contributed by atoms with E-state index in [1.807, 2.05) is 0 Å². The number of nitrogens with one attached hydrogen (secondary N) is 1. The van der Waals surface area contributed by atoms with Crippen LogP contribution in [0.2, 0.25) is 0 Å². The van der Waals surface area contributed by atoms with Crippen LogP contribution in [0.15, 0.2) is 25.0 Å². The summed E-state index contributed by atoms with van der Waals surface area (Å²) in [7, 11) is -1.52. The van der Waals surface area contributed by atoms with Crippen molar-refractivity contribution in [2.24, 2.45) is 0 Å². The topological polar surface area (TPSA) is 78.3 Å². The summed E-state index contributed by atoms with van der Waals surface area (Å²) in [4.78, 5) is 7.69. The summed E-state index contributed by atoms with van der Waals surface area (Å²) in [5, 5.41) is 20.3. The third-order valence-electron chi connectivity index (χ3n) is 1.37. The van der Waals surface area contributed by atoms with Crippen molar-refractivity contribution < 1.29 is 10.0 Å². The molecule has 1 heterocycles. The minimum atomic E-state index is -1.52. The quantitative estimate of drug-likeness (QED) is 0.397. The summed E-state index contributed by atoms with van der Waals surface area (Å²) in [6.07, 6.45) is 4.38. The molecule has 0 aliphatic carbocycles. The van der Waals surface area contributed by atoms with Crippen LogP contribution >= 0.6 is 0 Å². The predicted octanol–water partition coefficient (Wildman–Crippen LogP) is -1.25. The number of anilines is 1. The molecule has 0 amide bonds. The summed E-state index contributed by atoms with van der Waals surface area (Å²) >= 11 is 0. The predicted molar refractivity (Wildman–Crippen MR) is 50.5 cm³/mol. The van der Waals surface area contributed by atoms with Crippen LogP contribution in [0.5, 0.6) is 0 Å². The van der Waals surface area contributed by atoms with Crippen molar-refractivity contribution in [3.05, 3.63) is 25.0 Å². The van der Waals surface area contributed by atoms with Gasteiger partial charge in [0.2, 0.25) is 5.95 Å². The van der Waals surface area contributed by atoms with E-state index >= 15 is 0 Å². The fourth-order valence-electron chi connectivity index (χ4n) is 0.726. The Hall–Kier alpha value is -1.40. The Balaban J connectivity index is 2.64. The van der Waals surface area contributed by atoms with Gasteiger partial charge in [0.15, 0.2) is 0 Å². The van der Waals surface area contributed by atoms with E-state index in [-0.39, 0.29) is 5.46 Å². The van der Waals surface area contributed by atoms with E-state index in [2.05, 4.69) is 21.9 Å². The smallest absolute Gasteiger partial charge is 0.423 e. The summed E-state index contributed by atoms with van der Waals surface area (Å²) in [6, 6.07) is 0. The van der Waals surface area contributed by atoms with Crippen LogP contribution < -0.4 is 10.8 Å². The molecular formula is C7H10BN3O2. The fraction of sp³-hybridized carbons (Fsp3) is 0.143. The van der Waals surface area contributed by atoms with Crippen LogP contribution in [-0.4, -0.2) is 33.7 Å². The highest BCUT2D eigenvalue weighted by Crippen LogP contribution is 1.91. The van der Waals surface area contributed by atoms with E-state index in [4.69, 9.17) is 10.0 Å². The Labute approximate surface area is 76.3 Å². The van der Waals surface area contributed by atoms with Crippen LogP contribution in [0.3, 0.4) is 0 Å². The normalized spacial score (nSPS) is 9.38. The van der Waals surface area contributed by atoms with Gasteiger partial charge in [-0.2, -0.15) is 0 Å². The minimum Gasteiger partial charge on any atom is -0.423 e. The van der Waals surface area contributed by atoms with Gasteiger partial charge < -0.3 is 15.4 Å². The van der Waals surface area contributed by atoms with Crippen LogP contribution in [0.1, 0.15) is 0 Å². The lowest BCUT2D eigenvalue weighted by molar-refractivity contribution is 0.425. The molecule has 68 valence electrons. The van der Waals surface area contributed by atoms with Gasteiger partial charge in [0.05, 0.1) is 0 Å². The SMILES string of the molecule is C=CCNc1ncc(B(O)O)cn1. The van der Waals surface area contributed by atoms with E-state index in [1.165, 1.54) is 12.4 Å². The van der Waals surface area contributed by atoms with Gasteiger partial charge in [-0.05, 0) is 0 Å². The summed E-state index contributed by atoms with van der Waals surface area (Å²) in [6.45, 7) is 4.09. The monoisotopic (exact) mass is 179 g/mol. The highest BCUT2D eigenvalue weighted by atomic mass is 16.4. The van der Waals surface area contributed by atoms with Crippen molar-refractivity contribution in [1.82, 2.24) is 9.97 Å². The molecule has 1 aromatic heterocycles. The maximum Gasteiger partial charge on any atom is 0.491 e. The van der Waals surface area contributed by atoms with Crippen LogP contribution in [0, 0.1) is 0 Å². The largest absolute Gasteiger partial charge is 0.491 e. The average Bonchev–Trinajstić information content (AvgIpc) is 2.15. The Morgan fingerprint density at radius 1 is 1.46 bits per heavy atom. The molecule has 0 aliphatic rings. The molecular weight excluding hydrogens is 169 g/mol. The molecule has 0 aromatic carbocycles. The summed E-state index contributed by atoms with van der Waals surface area (Å²) in [5.74, 6) is 0.435. The van der Waals surface area contributed by atoms with Gasteiger partial charge in [-0.15, -0.1) is 6.58 Å². The van der Waals surface area contributed by atoms with Crippen LogP contribution in [0.4, 0.5) is 5.95 Å². The zero-order valence-corrected chi connectivity index (χ0v) is 7.01. The highest BCUT2D eigenvalue weighted by molar-refractivity contribution is 6.58. The molecule has 5 nitrogen and oxygen atoms in total. The lowest BCUT2D eigenvalue weighted by Gasteiger charge is -2.01. The second-order valence-electron chi connectivity index (χ2n) is 2.38. The summed E-state index contributed by atoms with van der Waals surface area (Å²) in [5.41, 5.74) is 0.268. The standard InChI is InChI=1S/C7H10BN3O2/c1-2-3-9-7-10-4-6(5-11-7)8(12)13/h2,4-5,12-13H,1,3H2,(H,9,10,11). The molecule has 0 aliphatic heterocycles. The molecule has 3 N–H and O–H groups in total. The molecule has 0 saturated heterocycles. The third kappa shape index (κ3) is 2.85. The first-order valence-corrected chi connectivity index (χ1v) is 3.77. The molecule has 0 radical (unpaired) electrons. The van der Waals surface area contributed by atoms with Gasteiger partial charge in [-0.3, -0.25) is 0 Å². The zero-order valence-electron chi connectivity index (χ0n) is 7.01. The second-order valence-corrected chi connectivity index (χ2v) is 2.38. The number of hydrogen-bond acceptors (Lipinski definition) is 5. The zero-order chi connectivity index (χ0) is 9.68. The molecule has 0 atom stereocenters. The molecule has 13 heavy (non-hydrogen) atoms. The van der Waals surface area contributed by atoms with E-state index in [0.29, 0.717) is 12.5 Å². The van der Waals surface area contributed by atoms with Gasteiger partial charge >= 0.3 is 7.12 Å². The van der Waals surface area contributed by atoms with Crippen molar-refractivity contribution in [3.8, 4) is 0 Å². The van der Waals surface area contributed by atoms with Crippen molar-refractivity contribution >= 4 is 18.5 Å². The fourth-order valence-corrected chi connectivity index (χ4v) is 0.726. The first kappa shape index (κ1) is 9.69. The van der Waals surface area contributed by atoms with Crippen LogP contribution in [-0.2, 0) is 0 Å². The van der Waals surface area contributed by atoms with E-state index in [9.17, 15) is 0 Å². The van der Waals surface area contributed by atoms with Gasteiger partial charge in [0.1, 0.15) is 0 Å². The van der Waals surface area contributed by atoms with Gasteiger partial charge in [0, 0.05) is 24.4 Å². The van der Waals surface area contributed by atoms with Crippen molar-refractivity contribution in [2.45, 2.75) is 0 Å². The Morgan fingerprint density at radius 2 is 2.08 bits per heavy atom. The maximum absolute atomic E-state index is 8.73. The number of rotatable bonds is 4. The Morgan fingerprint density at radius 3 is 2.54 bits per heavy atom. The Kier molecular flexibility index (Phi) is 3.42. The third-order valence-corrected chi connectivity index (χ3v) is 1.37. The molecule has 1 rings (SSSR count). The molecule has 0 unspecified atom stereocenters. The molecule has 0 bridgehead atoms. The molecule has 0 spiro atoms. The highest BCUT2D eigenvalue weighted by Gasteiger charge is 2.10. The number of nitrogens with zero attached hydrogens (tertiary/aromatic N) is 2. The first-order valence-electron chi connectivity index (χ1n) is 3.77. The van der Waals surface area contributed by atoms with Crippen molar-refractivity contribution in [2.75, 3.05) is 11.9 Å². The van der Waals surface area contributed by atoms with Crippen molar-refractivity contribution in [1.29, 1.82) is 0 Å². The van der Waals surface area contributed by atoms with E-state index in [0.717, 1.165) is 0 Å². The van der Waals surface area contributed by atoms with Gasteiger partial charge in [0.25, 0.3) is 0 Å². The molecule has 1 aromatic rings. The average molecular weight is 179 g/mol.